The fourth-order valence-electron chi connectivity index (χ4n) is 2.32. The summed E-state index contributed by atoms with van der Waals surface area (Å²) in [5.41, 5.74) is 4.05. The van der Waals surface area contributed by atoms with Crippen molar-refractivity contribution in [3.63, 3.8) is 0 Å². The second-order valence-corrected chi connectivity index (χ2v) is 4.20. The largest absolute Gasteiger partial charge is 0.496 e. The second kappa shape index (κ2) is 4.71. The Labute approximate surface area is 97.3 Å². The summed E-state index contributed by atoms with van der Waals surface area (Å²) in [7, 11) is 3.74. The maximum Gasteiger partial charge on any atom is 0.126 e. The van der Waals surface area contributed by atoms with Crippen LogP contribution in [0.2, 0.25) is 0 Å². The lowest BCUT2D eigenvalue weighted by Crippen LogP contribution is -2.24. The van der Waals surface area contributed by atoms with Crippen molar-refractivity contribution in [1.82, 2.24) is 5.32 Å². The van der Waals surface area contributed by atoms with Crippen molar-refractivity contribution >= 4 is 5.57 Å². The van der Waals surface area contributed by atoms with Crippen LogP contribution < -0.4 is 10.1 Å². The number of aryl methyl sites for hydroxylation is 1. The zero-order valence-electron chi connectivity index (χ0n) is 10.2. The minimum atomic E-state index is 0.371. The standard InChI is InChI=1S/C14H19NO/c1-10(15-2)12-8-4-6-11-7-5-9-13(16-3)14(11)12/h5,7-10,15H,4,6H2,1-3H3. The van der Waals surface area contributed by atoms with E-state index in [1.807, 2.05) is 13.1 Å². The molecule has 0 bridgehead atoms. The first-order chi connectivity index (χ1) is 7.77. The van der Waals surface area contributed by atoms with Gasteiger partial charge < -0.3 is 10.1 Å². The molecule has 0 saturated heterocycles. The fraction of sp³-hybridized carbons (Fsp3) is 0.429. The summed E-state index contributed by atoms with van der Waals surface area (Å²) in [6.45, 7) is 2.19. The minimum absolute atomic E-state index is 0.371. The van der Waals surface area contributed by atoms with Gasteiger partial charge in [0.15, 0.2) is 0 Å². The van der Waals surface area contributed by atoms with E-state index in [-0.39, 0.29) is 0 Å². The van der Waals surface area contributed by atoms with E-state index in [1.54, 1.807) is 7.11 Å². The van der Waals surface area contributed by atoms with E-state index in [2.05, 4.69) is 30.4 Å². The molecule has 0 amide bonds. The number of likely N-dealkylation sites (N-methyl/N-ethyl adjacent to an activating group) is 1. The lowest BCUT2D eigenvalue weighted by molar-refractivity contribution is 0.412. The average molecular weight is 217 g/mol. The highest BCUT2D eigenvalue weighted by Gasteiger charge is 2.20. The third-order valence-electron chi connectivity index (χ3n) is 3.30. The SMILES string of the molecule is CNC(C)C1=CCCc2cccc(OC)c21. The van der Waals surface area contributed by atoms with Gasteiger partial charge in [0.25, 0.3) is 0 Å². The monoisotopic (exact) mass is 217 g/mol. The molecular weight excluding hydrogens is 198 g/mol. The quantitative estimate of drug-likeness (QED) is 0.840. The van der Waals surface area contributed by atoms with Crippen LogP contribution in [0.1, 0.15) is 24.5 Å². The van der Waals surface area contributed by atoms with Gasteiger partial charge in [-0.2, -0.15) is 0 Å². The number of nitrogens with one attached hydrogen (secondary N) is 1. The molecule has 1 aromatic rings. The summed E-state index contributed by atoms with van der Waals surface area (Å²) >= 11 is 0. The van der Waals surface area contributed by atoms with Crippen molar-refractivity contribution in [3.8, 4) is 5.75 Å². The molecule has 2 nitrogen and oxygen atoms in total. The Morgan fingerprint density at radius 2 is 2.19 bits per heavy atom. The van der Waals surface area contributed by atoms with E-state index < -0.39 is 0 Å². The van der Waals surface area contributed by atoms with Gasteiger partial charge in [0.05, 0.1) is 7.11 Å². The van der Waals surface area contributed by atoms with Gasteiger partial charge in [0.1, 0.15) is 5.75 Å². The molecule has 1 atom stereocenters. The van der Waals surface area contributed by atoms with Crippen LogP contribution >= 0.6 is 0 Å². The number of ether oxygens (including phenoxy) is 1. The number of hydrogen-bond acceptors (Lipinski definition) is 2. The molecule has 1 N–H and O–H groups in total. The van der Waals surface area contributed by atoms with Crippen LogP contribution in [0.5, 0.6) is 5.75 Å². The van der Waals surface area contributed by atoms with Gasteiger partial charge in [-0.25, -0.2) is 0 Å². The lowest BCUT2D eigenvalue weighted by atomic mass is 9.87. The molecule has 0 aromatic heterocycles. The lowest BCUT2D eigenvalue weighted by Gasteiger charge is -2.24. The van der Waals surface area contributed by atoms with Crippen molar-refractivity contribution in [2.75, 3.05) is 14.2 Å². The van der Waals surface area contributed by atoms with E-state index in [9.17, 15) is 0 Å². The molecule has 16 heavy (non-hydrogen) atoms. The Morgan fingerprint density at radius 1 is 1.38 bits per heavy atom. The van der Waals surface area contributed by atoms with Crippen molar-refractivity contribution < 1.29 is 4.74 Å². The summed E-state index contributed by atoms with van der Waals surface area (Å²) in [6.07, 6.45) is 4.57. The highest BCUT2D eigenvalue weighted by Crippen LogP contribution is 2.35. The van der Waals surface area contributed by atoms with E-state index in [0.29, 0.717) is 6.04 Å². The predicted molar refractivity (Wildman–Crippen MR) is 67.8 cm³/mol. The number of allylic oxidation sites excluding steroid dienone is 1. The van der Waals surface area contributed by atoms with Gasteiger partial charge in [-0.15, -0.1) is 0 Å². The van der Waals surface area contributed by atoms with E-state index >= 15 is 0 Å². The van der Waals surface area contributed by atoms with E-state index in [0.717, 1.165) is 18.6 Å². The van der Waals surface area contributed by atoms with Crippen molar-refractivity contribution in [3.05, 3.63) is 35.4 Å². The summed E-state index contributed by atoms with van der Waals surface area (Å²) in [6, 6.07) is 6.69. The summed E-state index contributed by atoms with van der Waals surface area (Å²) in [5, 5.41) is 3.30. The second-order valence-electron chi connectivity index (χ2n) is 4.20. The van der Waals surface area contributed by atoms with Crippen molar-refractivity contribution in [1.29, 1.82) is 0 Å². The molecule has 1 aromatic carbocycles. The zero-order valence-corrected chi connectivity index (χ0v) is 10.2. The van der Waals surface area contributed by atoms with Crippen LogP contribution in [0.15, 0.2) is 24.3 Å². The molecule has 86 valence electrons. The van der Waals surface area contributed by atoms with Crippen LogP contribution in [-0.2, 0) is 6.42 Å². The average Bonchev–Trinajstić information content (AvgIpc) is 2.36. The zero-order chi connectivity index (χ0) is 11.5. The molecule has 0 radical (unpaired) electrons. The Bertz CT molecular complexity index is 409. The molecule has 1 aliphatic rings. The third kappa shape index (κ3) is 1.85. The summed E-state index contributed by atoms with van der Waals surface area (Å²) < 4.78 is 5.47. The summed E-state index contributed by atoms with van der Waals surface area (Å²) in [5.74, 6) is 0.991. The van der Waals surface area contributed by atoms with Gasteiger partial charge in [-0.1, -0.05) is 18.2 Å². The maximum absolute atomic E-state index is 5.47. The van der Waals surface area contributed by atoms with Gasteiger partial charge in [0.2, 0.25) is 0 Å². The Hall–Kier alpha value is -1.28. The van der Waals surface area contributed by atoms with Gasteiger partial charge in [-0.05, 0) is 44.0 Å². The number of benzene rings is 1. The molecular formula is C14H19NO. The van der Waals surface area contributed by atoms with Crippen LogP contribution in [0.25, 0.3) is 5.57 Å². The first-order valence-electron chi connectivity index (χ1n) is 5.81. The smallest absolute Gasteiger partial charge is 0.126 e. The molecule has 0 saturated carbocycles. The Balaban J connectivity index is 2.50. The molecule has 2 heteroatoms. The van der Waals surface area contributed by atoms with Gasteiger partial charge in [-0.3, -0.25) is 0 Å². The van der Waals surface area contributed by atoms with Crippen molar-refractivity contribution in [2.24, 2.45) is 0 Å². The highest BCUT2D eigenvalue weighted by atomic mass is 16.5. The number of rotatable bonds is 3. The molecule has 1 unspecified atom stereocenters. The number of methoxy groups -OCH3 is 1. The topological polar surface area (TPSA) is 21.3 Å². The van der Waals surface area contributed by atoms with E-state index in [1.165, 1.54) is 16.7 Å². The normalized spacial score (nSPS) is 16.3. The van der Waals surface area contributed by atoms with Crippen LogP contribution in [0.4, 0.5) is 0 Å². The molecule has 0 heterocycles. The first kappa shape index (κ1) is 11.2. The fourth-order valence-corrected chi connectivity index (χ4v) is 2.32. The molecule has 0 spiro atoms. The molecule has 0 fully saturated rings. The Morgan fingerprint density at radius 3 is 2.88 bits per heavy atom. The van der Waals surface area contributed by atoms with Crippen molar-refractivity contribution in [2.45, 2.75) is 25.8 Å². The van der Waals surface area contributed by atoms with Gasteiger partial charge >= 0.3 is 0 Å². The number of fused-ring (bicyclic) bond motifs is 1. The van der Waals surface area contributed by atoms with Crippen LogP contribution in [0.3, 0.4) is 0 Å². The molecule has 2 rings (SSSR count). The van der Waals surface area contributed by atoms with Crippen LogP contribution in [0, 0.1) is 0 Å². The molecule has 1 aliphatic carbocycles. The Kier molecular flexibility index (Phi) is 3.30. The molecule has 0 aliphatic heterocycles. The number of hydrogen-bond donors (Lipinski definition) is 1. The minimum Gasteiger partial charge on any atom is -0.496 e. The maximum atomic E-state index is 5.47. The predicted octanol–water partition coefficient (Wildman–Crippen LogP) is 2.63. The van der Waals surface area contributed by atoms with E-state index in [4.69, 9.17) is 4.74 Å². The van der Waals surface area contributed by atoms with Crippen LogP contribution in [-0.4, -0.2) is 20.2 Å². The van der Waals surface area contributed by atoms with Gasteiger partial charge in [0, 0.05) is 11.6 Å². The third-order valence-corrected chi connectivity index (χ3v) is 3.30. The first-order valence-corrected chi connectivity index (χ1v) is 5.81. The highest BCUT2D eigenvalue weighted by molar-refractivity contribution is 5.77. The summed E-state index contributed by atoms with van der Waals surface area (Å²) in [4.78, 5) is 0.